The van der Waals surface area contributed by atoms with E-state index in [0.717, 1.165) is 19.4 Å². The summed E-state index contributed by atoms with van der Waals surface area (Å²) in [6.45, 7) is 6.65. The maximum absolute atomic E-state index is 12.6. The molecule has 21 heavy (non-hydrogen) atoms. The van der Waals surface area contributed by atoms with E-state index in [0.29, 0.717) is 35.3 Å². The number of carbonyl (C=O) groups is 1. The van der Waals surface area contributed by atoms with Crippen molar-refractivity contribution in [3.63, 3.8) is 0 Å². The molecule has 0 spiro atoms. The molecule has 3 heterocycles. The van der Waals surface area contributed by atoms with E-state index < -0.39 is 0 Å². The quantitative estimate of drug-likeness (QED) is 0.841. The number of likely N-dealkylation sites (tertiary alicyclic amines) is 1. The predicted molar refractivity (Wildman–Crippen MR) is 72.9 cm³/mol. The standard InChI is InChI=1S/C14H18N4O3/c1-8-12(9(2)20-16-8)14(19)18-6-4-5-11(7-18)13-15-10(3)17-21-13/h11H,4-7H2,1-3H3/t11-/m1/s1. The maximum Gasteiger partial charge on any atom is 0.259 e. The van der Waals surface area contributed by atoms with Gasteiger partial charge in [-0.2, -0.15) is 4.98 Å². The number of aryl methyl sites for hydroxylation is 3. The molecule has 0 saturated carbocycles. The third kappa shape index (κ3) is 2.55. The maximum atomic E-state index is 12.6. The van der Waals surface area contributed by atoms with Gasteiger partial charge >= 0.3 is 0 Å². The number of hydrogen-bond donors (Lipinski definition) is 0. The van der Waals surface area contributed by atoms with E-state index in [9.17, 15) is 4.79 Å². The average Bonchev–Trinajstić information content (AvgIpc) is 3.05. The van der Waals surface area contributed by atoms with Crippen LogP contribution in [-0.2, 0) is 0 Å². The molecule has 2 aromatic rings. The van der Waals surface area contributed by atoms with Crippen molar-refractivity contribution in [2.45, 2.75) is 39.5 Å². The van der Waals surface area contributed by atoms with Crippen molar-refractivity contribution in [2.75, 3.05) is 13.1 Å². The van der Waals surface area contributed by atoms with Crippen LogP contribution in [0.5, 0.6) is 0 Å². The van der Waals surface area contributed by atoms with Crippen LogP contribution in [0.25, 0.3) is 0 Å². The largest absolute Gasteiger partial charge is 0.361 e. The molecule has 7 nitrogen and oxygen atoms in total. The first-order chi connectivity index (χ1) is 10.1. The number of aromatic nitrogens is 3. The predicted octanol–water partition coefficient (Wildman–Crippen LogP) is 2.00. The molecule has 0 radical (unpaired) electrons. The van der Waals surface area contributed by atoms with E-state index in [1.54, 1.807) is 20.8 Å². The van der Waals surface area contributed by atoms with Crippen LogP contribution in [0, 0.1) is 20.8 Å². The number of nitrogens with zero attached hydrogens (tertiary/aromatic N) is 4. The molecule has 2 aromatic heterocycles. The SMILES string of the molecule is Cc1noc([C@@H]2CCCN(C(=O)c3c(C)noc3C)C2)n1. The van der Waals surface area contributed by atoms with Crippen LogP contribution in [-0.4, -0.2) is 39.2 Å². The minimum absolute atomic E-state index is 0.0350. The number of carbonyl (C=O) groups excluding carboxylic acids is 1. The Morgan fingerprint density at radius 1 is 1.24 bits per heavy atom. The second kappa shape index (κ2) is 5.31. The molecule has 7 heteroatoms. The van der Waals surface area contributed by atoms with E-state index in [4.69, 9.17) is 9.05 Å². The van der Waals surface area contributed by atoms with Crippen LogP contribution in [0.1, 0.15) is 52.3 Å². The summed E-state index contributed by atoms with van der Waals surface area (Å²) in [5.74, 6) is 1.87. The highest BCUT2D eigenvalue weighted by Crippen LogP contribution is 2.27. The number of piperidine rings is 1. The zero-order valence-corrected chi connectivity index (χ0v) is 12.4. The summed E-state index contributed by atoms with van der Waals surface area (Å²) in [5.41, 5.74) is 1.20. The van der Waals surface area contributed by atoms with Crippen molar-refractivity contribution in [3.05, 3.63) is 28.7 Å². The normalized spacial score (nSPS) is 19.0. The molecule has 1 amide bonds. The van der Waals surface area contributed by atoms with Gasteiger partial charge in [0.2, 0.25) is 5.89 Å². The Balaban J connectivity index is 1.78. The van der Waals surface area contributed by atoms with E-state index >= 15 is 0 Å². The number of rotatable bonds is 2. The lowest BCUT2D eigenvalue weighted by Crippen LogP contribution is -2.39. The summed E-state index contributed by atoms with van der Waals surface area (Å²) in [6, 6.07) is 0. The fourth-order valence-corrected chi connectivity index (χ4v) is 2.79. The summed E-state index contributed by atoms with van der Waals surface area (Å²) in [6.07, 6.45) is 1.87. The lowest BCUT2D eigenvalue weighted by molar-refractivity contribution is 0.0693. The third-order valence-corrected chi connectivity index (χ3v) is 3.85. The van der Waals surface area contributed by atoms with Crippen LogP contribution in [0.4, 0.5) is 0 Å². The van der Waals surface area contributed by atoms with Crippen LogP contribution in [0.3, 0.4) is 0 Å². The zero-order valence-electron chi connectivity index (χ0n) is 12.4. The fraction of sp³-hybridized carbons (Fsp3) is 0.571. The van der Waals surface area contributed by atoms with Crippen molar-refractivity contribution in [2.24, 2.45) is 0 Å². The van der Waals surface area contributed by atoms with Gasteiger partial charge in [-0.1, -0.05) is 10.3 Å². The van der Waals surface area contributed by atoms with E-state index in [2.05, 4.69) is 15.3 Å². The monoisotopic (exact) mass is 290 g/mol. The molecule has 0 unspecified atom stereocenters. The summed E-state index contributed by atoms with van der Waals surface area (Å²) in [7, 11) is 0. The minimum atomic E-state index is -0.0350. The summed E-state index contributed by atoms with van der Waals surface area (Å²) in [5, 5.41) is 7.67. The minimum Gasteiger partial charge on any atom is -0.361 e. The smallest absolute Gasteiger partial charge is 0.259 e. The Bertz CT molecular complexity index is 641. The second-order valence-corrected chi connectivity index (χ2v) is 5.47. The van der Waals surface area contributed by atoms with E-state index in [-0.39, 0.29) is 11.8 Å². The summed E-state index contributed by atoms with van der Waals surface area (Å²) >= 11 is 0. The highest BCUT2D eigenvalue weighted by atomic mass is 16.5. The molecule has 1 saturated heterocycles. The van der Waals surface area contributed by atoms with Gasteiger partial charge < -0.3 is 13.9 Å². The molecule has 3 rings (SSSR count). The molecular weight excluding hydrogens is 272 g/mol. The Kier molecular flexibility index (Phi) is 3.48. The molecular formula is C14H18N4O3. The van der Waals surface area contributed by atoms with Crippen LogP contribution < -0.4 is 0 Å². The van der Waals surface area contributed by atoms with E-state index in [1.165, 1.54) is 0 Å². The second-order valence-electron chi connectivity index (χ2n) is 5.47. The van der Waals surface area contributed by atoms with Crippen molar-refractivity contribution in [1.29, 1.82) is 0 Å². The molecule has 0 aliphatic carbocycles. The Morgan fingerprint density at radius 2 is 2.05 bits per heavy atom. The first-order valence-electron chi connectivity index (χ1n) is 7.08. The topological polar surface area (TPSA) is 85.3 Å². The van der Waals surface area contributed by atoms with Crippen molar-refractivity contribution in [3.8, 4) is 0 Å². The van der Waals surface area contributed by atoms with Gasteiger partial charge in [0.25, 0.3) is 5.91 Å². The van der Waals surface area contributed by atoms with E-state index in [1.807, 2.05) is 4.90 Å². The third-order valence-electron chi connectivity index (χ3n) is 3.85. The molecule has 0 bridgehead atoms. The average molecular weight is 290 g/mol. The Morgan fingerprint density at radius 3 is 2.67 bits per heavy atom. The first kappa shape index (κ1) is 13.8. The van der Waals surface area contributed by atoms with Crippen LogP contribution in [0.15, 0.2) is 9.05 Å². The van der Waals surface area contributed by atoms with Crippen molar-refractivity contribution in [1.82, 2.24) is 20.2 Å². The van der Waals surface area contributed by atoms with Gasteiger partial charge in [0.15, 0.2) is 5.82 Å². The highest BCUT2D eigenvalue weighted by Gasteiger charge is 2.31. The molecule has 1 aliphatic rings. The van der Waals surface area contributed by atoms with Gasteiger partial charge in [0.05, 0.1) is 11.6 Å². The Labute approximate surface area is 122 Å². The Hall–Kier alpha value is -2.18. The summed E-state index contributed by atoms with van der Waals surface area (Å²) < 4.78 is 10.3. The summed E-state index contributed by atoms with van der Waals surface area (Å²) in [4.78, 5) is 18.7. The van der Waals surface area contributed by atoms with Gasteiger partial charge in [0.1, 0.15) is 11.3 Å². The lowest BCUT2D eigenvalue weighted by atomic mass is 9.97. The fourth-order valence-electron chi connectivity index (χ4n) is 2.79. The molecule has 1 atom stereocenters. The van der Waals surface area contributed by atoms with Gasteiger partial charge in [-0.05, 0) is 33.6 Å². The van der Waals surface area contributed by atoms with Crippen molar-refractivity contribution >= 4 is 5.91 Å². The molecule has 0 aromatic carbocycles. The van der Waals surface area contributed by atoms with Crippen molar-refractivity contribution < 1.29 is 13.8 Å². The molecule has 112 valence electrons. The molecule has 1 aliphatic heterocycles. The van der Waals surface area contributed by atoms with Gasteiger partial charge in [0, 0.05) is 13.1 Å². The zero-order chi connectivity index (χ0) is 15.0. The number of hydrogen-bond acceptors (Lipinski definition) is 6. The number of amides is 1. The molecule has 1 fully saturated rings. The highest BCUT2D eigenvalue weighted by molar-refractivity contribution is 5.96. The van der Waals surface area contributed by atoms with Gasteiger partial charge in [-0.3, -0.25) is 4.79 Å². The van der Waals surface area contributed by atoms with Gasteiger partial charge in [-0.25, -0.2) is 0 Å². The molecule has 0 N–H and O–H groups in total. The lowest BCUT2D eigenvalue weighted by Gasteiger charge is -2.30. The van der Waals surface area contributed by atoms with Crippen LogP contribution >= 0.6 is 0 Å². The van der Waals surface area contributed by atoms with Gasteiger partial charge in [-0.15, -0.1) is 0 Å². The first-order valence-corrected chi connectivity index (χ1v) is 7.08. The van der Waals surface area contributed by atoms with Crippen LogP contribution in [0.2, 0.25) is 0 Å².